The lowest BCUT2D eigenvalue weighted by Gasteiger charge is -2.48. The van der Waals surface area contributed by atoms with Gasteiger partial charge in [0.05, 0.1) is 12.1 Å². The minimum absolute atomic E-state index is 0.0344. The summed E-state index contributed by atoms with van der Waals surface area (Å²) in [5, 5.41) is 11.7. The maximum Gasteiger partial charge on any atom is 0.249 e. The number of carbonyl (C=O) groups is 1. The molecule has 2 fully saturated rings. The van der Waals surface area contributed by atoms with Crippen LogP contribution in [0.1, 0.15) is 51.8 Å². The molecule has 0 aromatic carbocycles. The van der Waals surface area contributed by atoms with E-state index in [1.165, 1.54) is 6.42 Å². The van der Waals surface area contributed by atoms with E-state index in [1.807, 2.05) is 26.0 Å². The zero-order valence-electron chi connectivity index (χ0n) is 16.0. The average Bonchev–Trinajstić information content (AvgIpc) is 3.11. The Labute approximate surface area is 159 Å². The van der Waals surface area contributed by atoms with Crippen LogP contribution in [0.15, 0.2) is 28.9 Å². The van der Waals surface area contributed by atoms with Crippen LogP contribution in [0.5, 0.6) is 0 Å². The molecule has 2 aromatic rings. The first-order valence-electron chi connectivity index (χ1n) is 9.89. The van der Waals surface area contributed by atoms with Gasteiger partial charge in [-0.05, 0) is 37.8 Å². The molecule has 0 spiro atoms. The number of piperidine rings is 2. The molecule has 2 saturated heterocycles. The number of nitrogens with one attached hydrogen (secondary N) is 1. The molecular weight excluding hydrogens is 342 g/mol. The third-order valence-electron chi connectivity index (χ3n) is 5.69. The highest BCUT2D eigenvalue weighted by atomic mass is 16.4. The Hall–Kier alpha value is -2.28. The van der Waals surface area contributed by atoms with E-state index in [2.05, 4.69) is 25.4 Å². The minimum atomic E-state index is 0.0344. The van der Waals surface area contributed by atoms with Gasteiger partial charge in [-0.25, -0.2) is 0 Å². The van der Waals surface area contributed by atoms with Crippen LogP contribution >= 0.6 is 0 Å². The molecule has 27 heavy (non-hydrogen) atoms. The maximum absolute atomic E-state index is 12.1. The van der Waals surface area contributed by atoms with E-state index in [1.54, 1.807) is 12.4 Å². The summed E-state index contributed by atoms with van der Waals surface area (Å²) in [6.07, 6.45) is 9.03. The second-order valence-electron chi connectivity index (χ2n) is 7.99. The third kappa shape index (κ3) is 4.03. The highest BCUT2D eigenvalue weighted by Gasteiger charge is 2.39. The molecule has 0 saturated carbocycles. The lowest BCUT2D eigenvalue weighted by Crippen LogP contribution is -2.56. The Morgan fingerprint density at radius 2 is 2.07 bits per heavy atom. The average molecular weight is 369 g/mol. The first-order chi connectivity index (χ1) is 13.1. The topological polar surface area (TPSA) is 84.2 Å². The van der Waals surface area contributed by atoms with Gasteiger partial charge in [0.25, 0.3) is 0 Å². The number of carbonyl (C=O) groups excluding carboxylic acids is 1. The van der Waals surface area contributed by atoms with Crippen molar-refractivity contribution in [3.8, 4) is 11.5 Å². The molecule has 1 unspecified atom stereocenters. The number of rotatable bonds is 5. The fourth-order valence-corrected chi connectivity index (χ4v) is 4.30. The second-order valence-corrected chi connectivity index (χ2v) is 7.99. The normalized spacial score (nSPS) is 25.5. The van der Waals surface area contributed by atoms with Crippen LogP contribution in [-0.2, 0) is 11.3 Å². The fraction of sp³-hybridized carbons (Fsp3) is 0.600. The van der Waals surface area contributed by atoms with Crippen LogP contribution in [0, 0.1) is 5.92 Å². The molecule has 1 N–H and O–H groups in total. The molecule has 0 aliphatic carbocycles. The second kappa shape index (κ2) is 7.76. The van der Waals surface area contributed by atoms with Gasteiger partial charge >= 0.3 is 0 Å². The Morgan fingerprint density at radius 3 is 2.74 bits per heavy atom. The summed E-state index contributed by atoms with van der Waals surface area (Å²) < 4.78 is 5.89. The van der Waals surface area contributed by atoms with Crippen LogP contribution in [0.4, 0.5) is 0 Å². The molecule has 144 valence electrons. The Bertz CT molecular complexity index is 762. The van der Waals surface area contributed by atoms with Crippen LogP contribution in [0.25, 0.3) is 11.5 Å². The van der Waals surface area contributed by atoms with Crippen molar-refractivity contribution in [2.45, 2.75) is 70.6 Å². The van der Waals surface area contributed by atoms with Crippen molar-refractivity contribution in [2.75, 3.05) is 0 Å². The lowest BCUT2D eigenvalue weighted by molar-refractivity contribution is -0.125. The van der Waals surface area contributed by atoms with Crippen molar-refractivity contribution in [2.24, 2.45) is 5.92 Å². The van der Waals surface area contributed by atoms with Gasteiger partial charge < -0.3 is 9.73 Å². The van der Waals surface area contributed by atoms with Gasteiger partial charge in [0.15, 0.2) is 0 Å². The van der Waals surface area contributed by atoms with E-state index in [4.69, 9.17) is 4.42 Å². The number of amides is 1. The monoisotopic (exact) mass is 369 g/mol. The van der Waals surface area contributed by atoms with E-state index in [-0.39, 0.29) is 17.9 Å². The lowest BCUT2D eigenvalue weighted by atomic mass is 9.81. The standard InChI is InChI=1S/C20H27N5O2/c1-13(2)19(26)22-15-9-16-6-3-7-17(10-15)25(16)12-18-23-24-20(27-18)14-5-4-8-21-11-14/h4-5,8,11,13,15-17H,3,6-7,9-10,12H2,1-2H3,(H,22,26)/t15?,16-,17+. The van der Waals surface area contributed by atoms with Crippen molar-refractivity contribution in [3.05, 3.63) is 30.4 Å². The molecule has 2 bridgehead atoms. The van der Waals surface area contributed by atoms with Crippen LogP contribution in [0.2, 0.25) is 0 Å². The van der Waals surface area contributed by atoms with Crippen molar-refractivity contribution < 1.29 is 9.21 Å². The molecule has 0 radical (unpaired) electrons. The predicted molar refractivity (Wildman–Crippen MR) is 101 cm³/mol. The molecule has 1 amide bonds. The zero-order chi connectivity index (χ0) is 18.8. The molecule has 4 rings (SSSR count). The predicted octanol–water partition coefficient (Wildman–Crippen LogP) is 2.79. The van der Waals surface area contributed by atoms with Crippen LogP contribution < -0.4 is 5.32 Å². The van der Waals surface area contributed by atoms with Gasteiger partial charge in [-0.2, -0.15) is 0 Å². The molecule has 3 atom stereocenters. The van der Waals surface area contributed by atoms with Crippen molar-refractivity contribution in [1.29, 1.82) is 0 Å². The highest BCUT2D eigenvalue weighted by molar-refractivity contribution is 5.78. The number of nitrogens with zero attached hydrogens (tertiary/aromatic N) is 4. The number of fused-ring (bicyclic) bond motifs is 2. The number of hydrogen-bond donors (Lipinski definition) is 1. The smallest absolute Gasteiger partial charge is 0.249 e. The quantitative estimate of drug-likeness (QED) is 0.872. The van der Waals surface area contributed by atoms with E-state index < -0.39 is 0 Å². The van der Waals surface area contributed by atoms with Gasteiger partial charge in [0.2, 0.25) is 17.7 Å². The van der Waals surface area contributed by atoms with E-state index in [0.717, 1.165) is 31.2 Å². The van der Waals surface area contributed by atoms with E-state index in [0.29, 0.717) is 30.4 Å². The SMILES string of the molecule is CC(C)C(=O)NC1C[C@H]2CCC[C@@H](C1)N2Cc1nnc(-c2cccnc2)o1. The summed E-state index contributed by atoms with van der Waals surface area (Å²) in [5.74, 6) is 1.36. The van der Waals surface area contributed by atoms with Crippen molar-refractivity contribution in [1.82, 2.24) is 25.4 Å². The van der Waals surface area contributed by atoms with Gasteiger partial charge in [-0.3, -0.25) is 14.7 Å². The fourth-order valence-electron chi connectivity index (χ4n) is 4.30. The molecule has 7 nitrogen and oxygen atoms in total. The molecular formula is C20H27N5O2. The largest absolute Gasteiger partial charge is 0.419 e. The summed E-state index contributed by atoms with van der Waals surface area (Å²) in [7, 11) is 0. The molecule has 4 heterocycles. The van der Waals surface area contributed by atoms with E-state index >= 15 is 0 Å². The summed E-state index contributed by atoms with van der Waals surface area (Å²) in [4.78, 5) is 18.7. The Kier molecular flexibility index (Phi) is 5.20. The van der Waals surface area contributed by atoms with E-state index in [9.17, 15) is 4.79 Å². The van der Waals surface area contributed by atoms with Crippen molar-refractivity contribution >= 4 is 5.91 Å². The van der Waals surface area contributed by atoms with Crippen molar-refractivity contribution in [3.63, 3.8) is 0 Å². The molecule has 2 aliphatic heterocycles. The first kappa shape index (κ1) is 18.1. The summed E-state index contributed by atoms with van der Waals surface area (Å²) in [6, 6.07) is 4.98. The van der Waals surface area contributed by atoms with Gasteiger partial charge in [0, 0.05) is 36.4 Å². The van der Waals surface area contributed by atoms with Crippen LogP contribution in [-0.4, -0.2) is 44.1 Å². The maximum atomic E-state index is 12.1. The molecule has 2 aliphatic rings. The summed E-state index contributed by atoms with van der Waals surface area (Å²) in [6.45, 7) is 4.56. The zero-order valence-corrected chi connectivity index (χ0v) is 16.0. The third-order valence-corrected chi connectivity index (χ3v) is 5.69. The van der Waals surface area contributed by atoms with Gasteiger partial charge in [-0.15, -0.1) is 10.2 Å². The van der Waals surface area contributed by atoms with Crippen LogP contribution in [0.3, 0.4) is 0 Å². The molecule has 2 aromatic heterocycles. The Balaban J connectivity index is 1.43. The Morgan fingerprint density at radius 1 is 1.30 bits per heavy atom. The first-order valence-corrected chi connectivity index (χ1v) is 9.89. The van der Waals surface area contributed by atoms with Gasteiger partial charge in [0.1, 0.15) is 0 Å². The number of aromatic nitrogens is 3. The van der Waals surface area contributed by atoms with Gasteiger partial charge in [-0.1, -0.05) is 20.3 Å². The summed E-state index contributed by atoms with van der Waals surface area (Å²) in [5.41, 5.74) is 0.839. The summed E-state index contributed by atoms with van der Waals surface area (Å²) >= 11 is 0. The minimum Gasteiger partial charge on any atom is -0.419 e. The number of hydrogen-bond acceptors (Lipinski definition) is 6. The number of pyridine rings is 1. The molecule has 7 heteroatoms. The highest BCUT2D eigenvalue weighted by Crippen LogP contribution is 2.35.